The molecule has 0 amide bonds. The van der Waals surface area contributed by atoms with E-state index in [0.717, 1.165) is 18.2 Å². The standard InChI is InChI=1S/C11H18N2/c1-4-9(2)7-13-11-5-10(3)6-12-8-11/h5-6,8-9,13H,4,7H2,1-3H3. The summed E-state index contributed by atoms with van der Waals surface area (Å²) in [6.07, 6.45) is 4.95. The average Bonchev–Trinajstić information content (AvgIpc) is 2.14. The van der Waals surface area contributed by atoms with Gasteiger partial charge >= 0.3 is 0 Å². The van der Waals surface area contributed by atoms with Crippen LogP contribution in [0.2, 0.25) is 0 Å². The number of pyridine rings is 1. The zero-order valence-corrected chi connectivity index (χ0v) is 8.67. The summed E-state index contributed by atoms with van der Waals surface area (Å²) in [7, 11) is 0. The van der Waals surface area contributed by atoms with E-state index in [1.165, 1.54) is 12.0 Å². The van der Waals surface area contributed by atoms with Crippen molar-refractivity contribution in [3.8, 4) is 0 Å². The highest BCUT2D eigenvalue weighted by molar-refractivity contribution is 5.42. The van der Waals surface area contributed by atoms with Gasteiger partial charge in [0.05, 0.1) is 5.69 Å². The molecular weight excluding hydrogens is 160 g/mol. The third-order valence-corrected chi connectivity index (χ3v) is 2.23. The van der Waals surface area contributed by atoms with E-state index >= 15 is 0 Å². The summed E-state index contributed by atoms with van der Waals surface area (Å²) in [6, 6.07) is 2.12. The van der Waals surface area contributed by atoms with Crippen LogP contribution in [-0.2, 0) is 0 Å². The summed E-state index contributed by atoms with van der Waals surface area (Å²) in [5.41, 5.74) is 2.33. The molecule has 0 spiro atoms. The highest BCUT2D eigenvalue weighted by Gasteiger charge is 1.98. The molecule has 0 aromatic carbocycles. The van der Waals surface area contributed by atoms with Gasteiger partial charge < -0.3 is 5.32 Å². The number of nitrogens with one attached hydrogen (secondary N) is 1. The van der Waals surface area contributed by atoms with Crippen LogP contribution < -0.4 is 5.32 Å². The Hall–Kier alpha value is -1.05. The van der Waals surface area contributed by atoms with Crippen LogP contribution in [0.15, 0.2) is 18.5 Å². The SMILES string of the molecule is CCC(C)CNc1cncc(C)c1. The summed E-state index contributed by atoms with van der Waals surface area (Å²) in [5.74, 6) is 0.723. The van der Waals surface area contributed by atoms with Gasteiger partial charge in [-0.05, 0) is 24.5 Å². The average molecular weight is 178 g/mol. The number of hydrogen-bond donors (Lipinski definition) is 1. The van der Waals surface area contributed by atoms with E-state index in [2.05, 4.69) is 37.1 Å². The molecule has 0 aliphatic carbocycles. The molecular formula is C11H18N2. The largest absolute Gasteiger partial charge is 0.384 e. The van der Waals surface area contributed by atoms with Crippen molar-refractivity contribution in [3.63, 3.8) is 0 Å². The number of rotatable bonds is 4. The highest BCUT2D eigenvalue weighted by Crippen LogP contribution is 2.09. The van der Waals surface area contributed by atoms with Gasteiger partial charge in [-0.25, -0.2) is 0 Å². The Morgan fingerprint density at radius 2 is 2.23 bits per heavy atom. The van der Waals surface area contributed by atoms with E-state index in [4.69, 9.17) is 0 Å². The Morgan fingerprint density at radius 3 is 2.85 bits per heavy atom. The maximum Gasteiger partial charge on any atom is 0.0529 e. The van der Waals surface area contributed by atoms with Crippen LogP contribution in [0, 0.1) is 12.8 Å². The van der Waals surface area contributed by atoms with Crippen LogP contribution in [0.3, 0.4) is 0 Å². The van der Waals surface area contributed by atoms with Gasteiger partial charge in [-0.1, -0.05) is 20.3 Å². The second kappa shape index (κ2) is 4.85. The molecule has 1 aromatic rings. The first-order chi connectivity index (χ1) is 6.22. The van der Waals surface area contributed by atoms with E-state index < -0.39 is 0 Å². The maximum atomic E-state index is 4.13. The first-order valence-corrected chi connectivity index (χ1v) is 4.88. The van der Waals surface area contributed by atoms with Crippen molar-refractivity contribution in [1.29, 1.82) is 0 Å². The summed E-state index contributed by atoms with van der Waals surface area (Å²) < 4.78 is 0. The van der Waals surface area contributed by atoms with Crippen molar-refractivity contribution >= 4 is 5.69 Å². The Kier molecular flexibility index (Phi) is 3.74. The fraction of sp³-hybridized carbons (Fsp3) is 0.545. The fourth-order valence-electron chi connectivity index (χ4n) is 1.09. The molecule has 0 radical (unpaired) electrons. The molecule has 72 valence electrons. The molecule has 2 heteroatoms. The zero-order chi connectivity index (χ0) is 9.68. The lowest BCUT2D eigenvalue weighted by atomic mass is 10.1. The fourth-order valence-corrected chi connectivity index (χ4v) is 1.09. The summed E-state index contributed by atoms with van der Waals surface area (Å²) >= 11 is 0. The second-order valence-corrected chi connectivity index (χ2v) is 3.65. The van der Waals surface area contributed by atoms with Crippen molar-refractivity contribution in [2.75, 3.05) is 11.9 Å². The minimum absolute atomic E-state index is 0.723. The number of aromatic nitrogens is 1. The lowest BCUT2D eigenvalue weighted by molar-refractivity contribution is 0.593. The minimum Gasteiger partial charge on any atom is -0.384 e. The topological polar surface area (TPSA) is 24.9 Å². The van der Waals surface area contributed by atoms with Gasteiger partial charge in [0.1, 0.15) is 0 Å². The lowest BCUT2D eigenvalue weighted by Crippen LogP contribution is -2.10. The molecule has 0 bridgehead atoms. The predicted molar refractivity (Wildman–Crippen MR) is 56.9 cm³/mol. The van der Waals surface area contributed by atoms with E-state index in [1.807, 2.05) is 12.4 Å². The molecule has 0 aliphatic rings. The summed E-state index contributed by atoms with van der Waals surface area (Å²) in [5, 5.41) is 3.37. The molecule has 0 aliphatic heterocycles. The Bertz CT molecular complexity index is 258. The van der Waals surface area contributed by atoms with Crippen LogP contribution in [0.5, 0.6) is 0 Å². The van der Waals surface area contributed by atoms with Gasteiger partial charge in [-0.3, -0.25) is 4.98 Å². The third-order valence-electron chi connectivity index (χ3n) is 2.23. The first-order valence-electron chi connectivity index (χ1n) is 4.88. The third kappa shape index (κ3) is 3.45. The van der Waals surface area contributed by atoms with Crippen LogP contribution in [0.4, 0.5) is 5.69 Å². The van der Waals surface area contributed by atoms with E-state index in [9.17, 15) is 0 Å². The molecule has 2 nitrogen and oxygen atoms in total. The van der Waals surface area contributed by atoms with E-state index in [-0.39, 0.29) is 0 Å². The van der Waals surface area contributed by atoms with Crippen molar-refractivity contribution < 1.29 is 0 Å². The molecule has 1 aromatic heterocycles. The number of nitrogens with zero attached hydrogens (tertiary/aromatic N) is 1. The van der Waals surface area contributed by atoms with Crippen molar-refractivity contribution in [3.05, 3.63) is 24.0 Å². The molecule has 1 heterocycles. The normalized spacial score (nSPS) is 12.5. The molecule has 0 fully saturated rings. The van der Waals surface area contributed by atoms with Crippen LogP contribution in [-0.4, -0.2) is 11.5 Å². The van der Waals surface area contributed by atoms with E-state index in [0.29, 0.717) is 0 Å². The maximum absolute atomic E-state index is 4.13. The van der Waals surface area contributed by atoms with Gasteiger partial charge in [0.2, 0.25) is 0 Å². The van der Waals surface area contributed by atoms with Gasteiger partial charge in [-0.2, -0.15) is 0 Å². The second-order valence-electron chi connectivity index (χ2n) is 3.65. The van der Waals surface area contributed by atoms with Crippen molar-refractivity contribution in [2.24, 2.45) is 5.92 Å². The summed E-state index contributed by atoms with van der Waals surface area (Å²) in [6.45, 7) is 7.54. The molecule has 1 atom stereocenters. The molecule has 0 saturated heterocycles. The smallest absolute Gasteiger partial charge is 0.0529 e. The molecule has 1 rings (SSSR count). The van der Waals surface area contributed by atoms with Crippen LogP contribution in [0.1, 0.15) is 25.8 Å². The first kappa shape index (κ1) is 10.0. The molecule has 1 N–H and O–H groups in total. The van der Waals surface area contributed by atoms with Crippen molar-refractivity contribution in [2.45, 2.75) is 27.2 Å². The number of anilines is 1. The molecule has 0 saturated carbocycles. The minimum atomic E-state index is 0.723. The molecule has 13 heavy (non-hydrogen) atoms. The van der Waals surface area contributed by atoms with Crippen LogP contribution >= 0.6 is 0 Å². The zero-order valence-electron chi connectivity index (χ0n) is 8.67. The Balaban J connectivity index is 2.45. The van der Waals surface area contributed by atoms with Gasteiger partial charge in [-0.15, -0.1) is 0 Å². The van der Waals surface area contributed by atoms with Crippen molar-refractivity contribution in [1.82, 2.24) is 4.98 Å². The predicted octanol–water partition coefficient (Wildman–Crippen LogP) is 2.85. The molecule has 1 unspecified atom stereocenters. The Morgan fingerprint density at radius 1 is 1.46 bits per heavy atom. The van der Waals surface area contributed by atoms with Gasteiger partial charge in [0.15, 0.2) is 0 Å². The summed E-state index contributed by atoms with van der Waals surface area (Å²) in [4.78, 5) is 4.13. The monoisotopic (exact) mass is 178 g/mol. The van der Waals surface area contributed by atoms with Crippen LogP contribution in [0.25, 0.3) is 0 Å². The van der Waals surface area contributed by atoms with Gasteiger partial charge in [0.25, 0.3) is 0 Å². The highest BCUT2D eigenvalue weighted by atomic mass is 14.9. The Labute approximate surface area is 80.4 Å². The van der Waals surface area contributed by atoms with Gasteiger partial charge in [0, 0.05) is 18.9 Å². The number of hydrogen-bond acceptors (Lipinski definition) is 2. The van der Waals surface area contributed by atoms with E-state index in [1.54, 1.807) is 0 Å². The quantitative estimate of drug-likeness (QED) is 0.766. The lowest BCUT2D eigenvalue weighted by Gasteiger charge is -2.10. The number of aryl methyl sites for hydroxylation is 1.